The van der Waals surface area contributed by atoms with Gasteiger partial charge in [0, 0.05) is 77.6 Å². The second-order valence-electron chi connectivity index (χ2n) is 13.6. The average molecular weight is 843 g/mol. The molecule has 8 aromatic rings. The first kappa shape index (κ1) is 37.2. The molecule has 284 valence electrons. The number of aromatic nitrogens is 4. The molecule has 4 aromatic heterocycles. The summed E-state index contributed by atoms with van der Waals surface area (Å²) in [6, 6.07) is 39.7. The number of aromatic amines is 4. The van der Waals surface area contributed by atoms with Crippen LogP contribution in [0, 0.1) is 0 Å². The smallest absolute Gasteiger partial charge is 0.335 e. The number of carboxylic acids is 2. The van der Waals surface area contributed by atoms with Crippen LogP contribution in [-0.2, 0) is 0 Å². The van der Waals surface area contributed by atoms with Crippen molar-refractivity contribution < 1.29 is 19.8 Å². The number of hydrogen-bond donors (Lipinski definition) is 6. The van der Waals surface area contributed by atoms with Crippen molar-refractivity contribution in [1.29, 1.82) is 0 Å². The third-order valence-electron chi connectivity index (χ3n) is 10.2. The van der Waals surface area contributed by atoms with Gasteiger partial charge in [0.25, 0.3) is 0 Å². The molecule has 0 radical (unpaired) electrons. The Labute approximate surface area is 349 Å². The summed E-state index contributed by atoms with van der Waals surface area (Å²) >= 11 is 27.8. The SMILES string of the molecule is O=C(O)c1ccc(C2=c3ccc([nH]3)=C(c3c(Cl)cccc3Cl)c3ccc([nH]3)C(c3c(Cl)cccc3Cl)=c3ccc([nH]3)=C(c3ccc(C(=O)O)cc3)c3ccc2[nH]3)cc1. The molecule has 0 atom stereocenters. The van der Waals surface area contributed by atoms with Crippen LogP contribution in [-0.4, -0.2) is 42.1 Å². The molecule has 9 rings (SSSR count). The van der Waals surface area contributed by atoms with E-state index in [2.05, 4.69) is 19.9 Å². The molecular weight excluding hydrogens is 814 g/mol. The Bertz CT molecular complexity index is 2970. The molecule has 6 N–H and O–H groups in total. The molecule has 1 aliphatic rings. The first-order chi connectivity index (χ1) is 28.0. The van der Waals surface area contributed by atoms with Crippen LogP contribution in [0.25, 0.3) is 22.3 Å². The Morgan fingerprint density at radius 1 is 0.362 bits per heavy atom. The molecule has 58 heavy (non-hydrogen) atoms. The summed E-state index contributed by atoms with van der Waals surface area (Å²) in [6.45, 7) is 0. The van der Waals surface area contributed by atoms with Crippen LogP contribution < -0.4 is 21.4 Å². The number of hydrogen-bond acceptors (Lipinski definition) is 2. The van der Waals surface area contributed by atoms with Crippen molar-refractivity contribution in [3.8, 4) is 0 Å². The summed E-state index contributed by atoms with van der Waals surface area (Å²) in [7, 11) is 0. The molecule has 5 heterocycles. The fourth-order valence-electron chi connectivity index (χ4n) is 7.52. The maximum Gasteiger partial charge on any atom is 0.335 e. The highest BCUT2D eigenvalue weighted by atomic mass is 35.5. The molecule has 0 fully saturated rings. The lowest BCUT2D eigenvalue weighted by atomic mass is 10.0. The Hall–Kier alpha value is -6.42. The predicted molar refractivity (Wildman–Crippen MR) is 228 cm³/mol. The zero-order valence-corrected chi connectivity index (χ0v) is 32.9. The van der Waals surface area contributed by atoms with E-state index < -0.39 is 11.9 Å². The Balaban J connectivity index is 1.44. The molecule has 0 aliphatic carbocycles. The lowest BCUT2D eigenvalue weighted by molar-refractivity contribution is 0.0686. The molecular formula is C46H28Cl4N4O4. The van der Waals surface area contributed by atoms with Crippen molar-refractivity contribution >= 4 is 80.6 Å². The van der Waals surface area contributed by atoms with Crippen molar-refractivity contribution in [1.82, 2.24) is 19.9 Å². The molecule has 0 unspecified atom stereocenters. The number of fused-ring (bicyclic) bond motifs is 8. The number of carboxylic acid groups (broad SMARTS) is 2. The van der Waals surface area contributed by atoms with Crippen LogP contribution in [0.3, 0.4) is 0 Å². The maximum absolute atomic E-state index is 11.8. The fourth-order valence-corrected chi connectivity index (χ4v) is 8.69. The van der Waals surface area contributed by atoms with E-state index in [1.54, 1.807) is 84.9 Å². The largest absolute Gasteiger partial charge is 0.478 e. The number of H-pyrrole nitrogens is 4. The van der Waals surface area contributed by atoms with Gasteiger partial charge in [-0.15, -0.1) is 0 Å². The quantitative estimate of drug-likeness (QED) is 0.100. The summed E-state index contributed by atoms with van der Waals surface area (Å²) in [5.41, 5.74) is 8.76. The minimum atomic E-state index is -1.03. The number of aromatic carboxylic acids is 2. The van der Waals surface area contributed by atoms with E-state index in [0.29, 0.717) is 64.4 Å². The van der Waals surface area contributed by atoms with Crippen molar-refractivity contribution in [3.05, 3.63) is 231 Å². The maximum atomic E-state index is 11.8. The Morgan fingerprint density at radius 2 is 0.655 bits per heavy atom. The van der Waals surface area contributed by atoms with E-state index in [1.807, 2.05) is 48.5 Å². The molecule has 0 amide bonds. The summed E-state index contributed by atoms with van der Waals surface area (Å²) in [5, 5.41) is 24.0. The summed E-state index contributed by atoms with van der Waals surface area (Å²) < 4.78 is 0. The zero-order chi connectivity index (χ0) is 40.2. The first-order valence-electron chi connectivity index (χ1n) is 17.9. The first-order valence-corrected chi connectivity index (χ1v) is 19.4. The van der Waals surface area contributed by atoms with Gasteiger partial charge in [-0.1, -0.05) is 82.8 Å². The van der Waals surface area contributed by atoms with Crippen molar-refractivity contribution in [3.63, 3.8) is 0 Å². The molecule has 0 saturated carbocycles. The molecule has 8 nitrogen and oxygen atoms in total. The molecule has 1 aliphatic heterocycles. The molecule has 12 heteroatoms. The highest BCUT2D eigenvalue weighted by Gasteiger charge is 2.22. The van der Waals surface area contributed by atoms with Crippen LogP contribution in [0.5, 0.6) is 0 Å². The standard InChI is InChI=1S/C46H28Cl4N4O4/c47-27-3-1-4-28(48)41(27)43-35-19-17-33(52-35)39(23-7-11-25(12-8-23)45(55)56)31-15-16-32(51-31)40(24-9-13-26(14-10-24)46(57)58)34-18-20-36(53-34)44(38-22-21-37(43)54-38)42-29(49)5-2-6-30(42)50/h1-22,51-54H,(H,55,56)(H,57,58). The Morgan fingerprint density at radius 3 is 0.966 bits per heavy atom. The lowest BCUT2D eigenvalue weighted by Gasteiger charge is -2.13. The van der Waals surface area contributed by atoms with Gasteiger partial charge in [0.1, 0.15) is 0 Å². The van der Waals surface area contributed by atoms with Crippen LogP contribution in [0.1, 0.15) is 65.7 Å². The molecule has 4 aromatic carbocycles. The van der Waals surface area contributed by atoms with Gasteiger partial charge >= 0.3 is 11.9 Å². The van der Waals surface area contributed by atoms with Gasteiger partial charge in [-0.2, -0.15) is 0 Å². The molecule has 0 saturated heterocycles. The molecule has 0 spiro atoms. The van der Waals surface area contributed by atoms with E-state index in [1.165, 1.54) is 0 Å². The topological polar surface area (TPSA) is 138 Å². The van der Waals surface area contributed by atoms with E-state index in [9.17, 15) is 19.8 Å². The number of halogens is 4. The number of rotatable bonds is 6. The third-order valence-corrected chi connectivity index (χ3v) is 11.4. The predicted octanol–water partition coefficient (Wildman–Crippen LogP) is 8.31. The van der Waals surface area contributed by atoms with Crippen molar-refractivity contribution in [2.75, 3.05) is 0 Å². The molecule has 8 bridgehead atoms. The van der Waals surface area contributed by atoms with Gasteiger partial charge in [-0.3, -0.25) is 0 Å². The van der Waals surface area contributed by atoms with E-state index in [4.69, 9.17) is 46.4 Å². The Kier molecular flexibility index (Phi) is 9.50. The summed E-state index contributed by atoms with van der Waals surface area (Å²) in [4.78, 5) is 38.3. The van der Waals surface area contributed by atoms with Gasteiger partial charge < -0.3 is 30.1 Å². The second-order valence-corrected chi connectivity index (χ2v) is 15.2. The van der Waals surface area contributed by atoms with Crippen LogP contribution in [0.15, 0.2) is 133 Å². The monoisotopic (exact) mass is 840 g/mol. The van der Waals surface area contributed by atoms with Crippen molar-refractivity contribution in [2.45, 2.75) is 0 Å². The second kappa shape index (κ2) is 14.8. The van der Waals surface area contributed by atoms with Crippen LogP contribution >= 0.6 is 46.4 Å². The normalized spacial score (nSPS) is 12.6. The van der Waals surface area contributed by atoms with Crippen LogP contribution in [0.4, 0.5) is 0 Å². The number of carbonyl (C=O) groups is 2. The minimum absolute atomic E-state index is 0.153. The van der Waals surface area contributed by atoms with E-state index in [-0.39, 0.29) is 11.1 Å². The third kappa shape index (κ3) is 6.56. The van der Waals surface area contributed by atoms with Gasteiger partial charge in [0.05, 0.1) is 31.2 Å². The van der Waals surface area contributed by atoms with E-state index >= 15 is 0 Å². The lowest BCUT2D eigenvalue weighted by Crippen LogP contribution is -2.19. The number of benzene rings is 4. The highest BCUT2D eigenvalue weighted by molar-refractivity contribution is 6.38. The fraction of sp³-hybridized carbons (Fsp3) is 0. The summed E-state index contributed by atoms with van der Waals surface area (Å²) in [6.07, 6.45) is 0. The highest BCUT2D eigenvalue weighted by Crippen LogP contribution is 2.37. The van der Waals surface area contributed by atoms with Gasteiger partial charge in [0.15, 0.2) is 0 Å². The van der Waals surface area contributed by atoms with Gasteiger partial charge in [-0.05, 0) is 108 Å². The summed E-state index contributed by atoms with van der Waals surface area (Å²) in [5.74, 6) is -2.06. The van der Waals surface area contributed by atoms with Crippen LogP contribution in [0.2, 0.25) is 20.1 Å². The zero-order valence-electron chi connectivity index (χ0n) is 29.9. The van der Waals surface area contributed by atoms with E-state index in [0.717, 1.165) is 44.4 Å². The van der Waals surface area contributed by atoms with Gasteiger partial charge in [0.2, 0.25) is 0 Å². The average Bonchev–Trinajstić information content (AvgIpc) is 4.05. The number of nitrogens with one attached hydrogen (secondary N) is 4. The van der Waals surface area contributed by atoms with Gasteiger partial charge in [-0.25, -0.2) is 9.59 Å². The minimum Gasteiger partial charge on any atom is -0.478 e. The van der Waals surface area contributed by atoms with Crippen molar-refractivity contribution in [2.24, 2.45) is 0 Å².